The first-order valence-electron chi connectivity index (χ1n) is 3.05. The van der Waals surface area contributed by atoms with Crippen LogP contribution in [0, 0.1) is 0 Å². The molecule has 1 aromatic rings. The Morgan fingerprint density at radius 3 is 2.10 bits per heavy atom. The molecule has 0 saturated heterocycles. The van der Waals surface area contributed by atoms with Crippen molar-refractivity contribution in [1.29, 1.82) is 0 Å². The van der Waals surface area contributed by atoms with Gasteiger partial charge in [0.2, 0.25) is 0 Å². The molecule has 1 heterocycles. The van der Waals surface area contributed by atoms with Gasteiger partial charge in [0.25, 0.3) is 0 Å². The van der Waals surface area contributed by atoms with Crippen LogP contribution in [0.3, 0.4) is 0 Å². The van der Waals surface area contributed by atoms with Gasteiger partial charge in [-0.25, -0.2) is 0 Å². The van der Waals surface area contributed by atoms with E-state index in [9.17, 15) is 0 Å². The van der Waals surface area contributed by atoms with E-state index in [4.69, 9.17) is 0 Å². The highest BCUT2D eigenvalue weighted by Crippen LogP contribution is 2.71. The van der Waals surface area contributed by atoms with E-state index in [1.165, 1.54) is 9.79 Å². The lowest BCUT2D eigenvalue weighted by Gasteiger charge is -1.92. The zero-order chi connectivity index (χ0) is 6.97. The average molecular weight is 186 g/mol. The quantitative estimate of drug-likeness (QED) is 0.565. The Hall–Kier alpha value is 0.350. The van der Waals surface area contributed by atoms with E-state index >= 15 is 0 Å². The highest BCUT2D eigenvalue weighted by atomic mass is 33.1. The summed E-state index contributed by atoms with van der Waals surface area (Å²) in [6, 6.07) is 8.64. The van der Waals surface area contributed by atoms with Crippen LogP contribution in [-0.2, 0) is 0 Å². The van der Waals surface area contributed by atoms with Gasteiger partial charge in [0.05, 0.1) is 0 Å². The second kappa shape index (κ2) is 2.77. The topological polar surface area (TPSA) is 0 Å². The molecule has 1 aliphatic rings. The lowest BCUT2D eigenvalue weighted by molar-refractivity contribution is 1.27. The van der Waals surface area contributed by atoms with Gasteiger partial charge in [-0.15, -0.1) is 0 Å². The highest BCUT2D eigenvalue weighted by molar-refractivity contribution is 8.89. The molecule has 0 saturated carbocycles. The van der Waals surface area contributed by atoms with Crippen LogP contribution in [0.4, 0.5) is 0 Å². The number of fused-ring (bicyclic) bond motifs is 1. The van der Waals surface area contributed by atoms with Gasteiger partial charge in [-0.05, 0) is 18.8 Å². The van der Waals surface area contributed by atoms with Gasteiger partial charge in [0, 0.05) is 16.1 Å². The molecule has 2 rings (SSSR count). The van der Waals surface area contributed by atoms with Gasteiger partial charge < -0.3 is 0 Å². The van der Waals surface area contributed by atoms with Gasteiger partial charge in [0.15, 0.2) is 0 Å². The van der Waals surface area contributed by atoms with E-state index in [-0.39, 0.29) is 6.33 Å². The predicted octanol–water partition coefficient (Wildman–Crippen LogP) is 3.83. The van der Waals surface area contributed by atoms with E-state index in [0.717, 1.165) is 0 Å². The number of hydrogen-bond donors (Lipinski definition) is 0. The summed E-state index contributed by atoms with van der Waals surface area (Å²) in [5, 5.41) is 0. The Labute approximate surface area is 70.0 Å². The van der Waals surface area contributed by atoms with Crippen LogP contribution < -0.4 is 0 Å². The van der Waals surface area contributed by atoms with Crippen molar-refractivity contribution in [3.63, 3.8) is 0 Å². The SMILES string of the molecule is CP1Sc2ccccc2S1. The summed E-state index contributed by atoms with van der Waals surface area (Å²) >= 11 is 4.04. The molecule has 1 aromatic carbocycles. The summed E-state index contributed by atoms with van der Waals surface area (Å²) in [6.07, 6.45) is 0.141. The van der Waals surface area contributed by atoms with Crippen LogP contribution in [0.5, 0.6) is 0 Å². The summed E-state index contributed by atoms with van der Waals surface area (Å²) in [5.74, 6) is 0. The Bertz CT molecular complexity index is 224. The van der Waals surface area contributed by atoms with E-state index < -0.39 is 0 Å². The number of rotatable bonds is 0. The predicted molar refractivity (Wildman–Crippen MR) is 51.0 cm³/mol. The third-order valence-electron chi connectivity index (χ3n) is 1.30. The molecule has 0 fully saturated rings. The minimum absolute atomic E-state index is 0.141. The molecule has 0 radical (unpaired) electrons. The first-order valence-corrected chi connectivity index (χ1v) is 7.68. The molecule has 0 unspecified atom stereocenters. The van der Waals surface area contributed by atoms with E-state index in [2.05, 4.69) is 30.9 Å². The fourth-order valence-corrected chi connectivity index (χ4v) is 7.21. The minimum Gasteiger partial charge on any atom is -0.0859 e. The molecular weight excluding hydrogens is 179 g/mol. The van der Waals surface area contributed by atoms with Crippen molar-refractivity contribution in [3.05, 3.63) is 24.3 Å². The molecule has 0 amide bonds. The van der Waals surface area contributed by atoms with Crippen LogP contribution in [-0.4, -0.2) is 6.66 Å². The maximum absolute atomic E-state index is 2.31. The van der Waals surface area contributed by atoms with E-state index in [0.29, 0.717) is 0 Å². The first-order chi connectivity index (χ1) is 4.86. The van der Waals surface area contributed by atoms with E-state index in [1.54, 1.807) is 0 Å². The van der Waals surface area contributed by atoms with Crippen molar-refractivity contribution >= 4 is 29.1 Å². The number of benzene rings is 1. The third kappa shape index (κ3) is 1.20. The van der Waals surface area contributed by atoms with Crippen molar-refractivity contribution < 1.29 is 0 Å². The van der Waals surface area contributed by atoms with Crippen LogP contribution >= 0.6 is 29.1 Å². The van der Waals surface area contributed by atoms with Crippen molar-refractivity contribution in [3.8, 4) is 0 Å². The standard InChI is InChI=1S/C7H7PS2/c1-8-9-6-4-2-3-5-7(6)10-8/h2-5H,1H3. The zero-order valence-electron chi connectivity index (χ0n) is 5.57. The van der Waals surface area contributed by atoms with E-state index in [1.807, 2.05) is 22.8 Å². The third-order valence-corrected chi connectivity index (χ3v) is 7.12. The van der Waals surface area contributed by atoms with Gasteiger partial charge >= 0.3 is 0 Å². The van der Waals surface area contributed by atoms with Crippen LogP contribution in [0.1, 0.15) is 0 Å². The Balaban J connectivity index is 2.42. The average Bonchev–Trinajstić information content (AvgIpc) is 2.27. The van der Waals surface area contributed by atoms with Crippen molar-refractivity contribution in [1.82, 2.24) is 0 Å². The van der Waals surface area contributed by atoms with Crippen molar-refractivity contribution in [2.24, 2.45) is 0 Å². The van der Waals surface area contributed by atoms with Gasteiger partial charge in [-0.2, -0.15) is 0 Å². The lowest BCUT2D eigenvalue weighted by atomic mass is 10.4. The van der Waals surface area contributed by atoms with Crippen LogP contribution in [0.15, 0.2) is 34.1 Å². The fraction of sp³-hybridized carbons (Fsp3) is 0.143. The molecule has 3 heteroatoms. The first kappa shape index (κ1) is 7.02. The van der Waals surface area contributed by atoms with Crippen molar-refractivity contribution in [2.45, 2.75) is 9.79 Å². The lowest BCUT2D eigenvalue weighted by Crippen LogP contribution is -1.65. The van der Waals surface area contributed by atoms with Crippen LogP contribution in [0.25, 0.3) is 0 Å². The summed E-state index contributed by atoms with van der Waals surface area (Å²) in [4.78, 5) is 2.95. The molecule has 0 atom stereocenters. The molecule has 0 N–H and O–H groups in total. The summed E-state index contributed by atoms with van der Waals surface area (Å²) in [6.45, 7) is 2.31. The molecule has 0 bridgehead atoms. The van der Waals surface area contributed by atoms with Gasteiger partial charge in [-0.3, -0.25) is 0 Å². The second-order valence-corrected chi connectivity index (χ2v) is 9.27. The molecule has 10 heavy (non-hydrogen) atoms. The molecule has 1 aliphatic heterocycles. The minimum atomic E-state index is 0.141. The Morgan fingerprint density at radius 2 is 1.60 bits per heavy atom. The summed E-state index contributed by atoms with van der Waals surface area (Å²) in [7, 11) is 0. The smallest absolute Gasteiger partial charge is 0.0264 e. The van der Waals surface area contributed by atoms with Gasteiger partial charge in [-0.1, -0.05) is 34.9 Å². The Morgan fingerprint density at radius 1 is 1.10 bits per heavy atom. The molecule has 0 aromatic heterocycles. The molecule has 52 valence electrons. The van der Waals surface area contributed by atoms with Crippen molar-refractivity contribution in [2.75, 3.05) is 6.66 Å². The Kier molecular flexibility index (Phi) is 1.94. The number of hydrogen-bond acceptors (Lipinski definition) is 2. The molecule has 0 aliphatic carbocycles. The summed E-state index contributed by atoms with van der Waals surface area (Å²) < 4.78 is 0. The second-order valence-electron chi connectivity index (χ2n) is 2.07. The zero-order valence-corrected chi connectivity index (χ0v) is 8.10. The highest BCUT2D eigenvalue weighted by Gasteiger charge is 2.17. The monoisotopic (exact) mass is 186 g/mol. The van der Waals surface area contributed by atoms with Gasteiger partial charge in [0.1, 0.15) is 0 Å². The fourth-order valence-electron chi connectivity index (χ4n) is 0.897. The molecular formula is C7H7PS2. The summed E-state index contributed by atoms with van der Waals surface area (Å²) in [5.41, 5.74) is 0. The maximum Gasteiger partial charge on any atom is 0.0264 e. The molecule has 0 nitrogen and oxygen atoms in total. The molecule has 0 spiro atoms. The normalized spacial score (nSPS) is 17.3. The van der Waals surface area contributed by atoms with Crippen LogP contribution in [0.2, 0.25) is 0 Å². The largest absolute Gasteiger partial charge is 0.0859 e. The maximum atomic E-state index is 2.31.